The van der Waals surface area contributed by atoms with Gasteiger partial charge in [-0.25, -0.2) is 23.1 Å². The van der Waals surface area contributed by atoms with Crippen molar-refractivity contribution in [1.29, 1.82) is 0 Å². The average molecular weight is 610 g/mol. The van der Waals surface area contributed by atoms with Gasteiger partial charge in [0.25, 0.3) is 5.56 Å². The molecule has 0 radical (unpaired) electrons. The molecule has 6 rings (SSSR count). The first-order valence-electron chi connectivity index (χ1n) is 13.8. The van der Waals surface area contributed by atoms with Crippen molar-refractivity contribution in [3.8, 4) is 0 Å². The third-order valence-electron chi connectivity index (χ3n) is 7.89. The molecule has 2 aromatic carbocycles. The van der Waals surface area contributed by atoms with Crippen LogP contribution in [0.4, 0.5) is 30.4 Å². The second kappa shape index (κ2) is 11.4. The molecule has 4 heterocycles. The molecule has 2 atom stereocenters. The summed E-state index contributed by atoms with van der Waals surface area (Å²) in [6, 6.07) is 5.35. The number of hydrogen-bond donors (Lipinski definition) is 1. The van der Waals surface area contributed by atoms with Gasteiger partial charge < -0.3 is 15.1 Å². The number of aromatic nitrogens is 4. The molecular weight excluding hydrogens is 579 g/mol. The summed E-state index contributed by atoms with van der Waals surface area (Å²) in [7, 11) is -0.0265. The zero-order valence-electron chi connectivity index (χ0n) is 23.9. The van der Waals surface area contributed by atoms with Gasteiger partial charge in [-0.3, -0.25) is 18.0 Å². The van der Waals surface area contributed by atoms with Crippen LogP contribution >= 0.6 is 0 Å². The highest BCUT2D eigenvalue weighted by atomic mass is 32.2. The lowest BCUT2D eigenvalue weighted by Gasteiger charge is -2.28. The van der Waals surface area contributed by atoms with Crippen LogP contribution in [0.25, 0.3) is 16.6 Å². The molecule has 3 aromatic heterocycles. The third kappa shape index (κ3) is 5.33. The summed E-state index contributed by atoms with van der Waals surface area (Å²) in [5, 5.41) is 3.05. The van der Waals surface area contributed by atoms with Gasteiger partial charge in [0.15, 0.2) is 5.82 Å². The fourth-order valence-corrected chi connectivity index (χ4v) is 6.51. The lowest BCUT2D eigenvalue weighted by Crippen LogP contribution is -2.35. The lowest BCUT2D eigenvalue weighted by molar-refractivity contribution is 0.598. The molecule has 224 valence electrons. The summed E-state index contributed by atoms with van der Waals surface area (Å²) in [5.74, 6) is -1.14. The smallest absolute Gasteiger partial charge is 0.260 e. The predicted molar refractivity (Wildman–Crippen MR) is 162 cm³/mol. The minimum absolute atomic E-state index is 0.0108. The van der Waals surface area contributed by atoms with E-state index in [-0.39, 0.29) is 27.0 Å². The Morgan fingerprint density at radius 1 is 1.00 bits per heavy atom. The fraction of sp³-hybridized carbons (Fsp3) is 0.300. The van der Waals surface area contributed by atoms with E-state index < -0.39 is 39.9 Å². The van der Waals surface area contributed by atoms with Gasteiger partial charge in [0, 0.05) is 69.5 Å². The van der Waals surface area contributed by atoms with E-state index >= 15 is 4.39 Å². The van der Waals surface area contributed by atoms with Gasteiger partial charge in [-0.05, 0) is 49.2 Å². The van der Waals surface area contributed by atoms with E-state index in [1.807, 2.05) is 21.7 Å². The van der Waals surface area contributed by atoms with Gasteiger partial charge in [0.2, 0.25) is 5.78 Å². The van der Waals surface area contributed by atoms with Crippen molar-refractivity contribution in [2.24, 2.45) is 7.05 Å². The largest absolute Gasteiger partial charge is 0.378 e. The van der Waals surface area contributed by atoms with E-state index in [9.17, 15) is 17.8 Å². The molecule has 1 saturated heterocycles. The molecule has 1 fully saturated rings. The number of anilines is 3. The Bertz CT molecular complexity index is 1940. The maximum absolute atomic E-state index is 16.7. The second-order valence-electron chi connectivity index (χ2n) is 10.7. The van der Waals surface area contributed by atoms with E-state index in [1.165, 1.54) is 36.1 Å². The first-order valence-corrected chi connectivity index (χ1v) is 15.4. The van der Waals surface area contributed by atoms with Gasteiger partial charge in [-0.2, -0.15) is 0 Å². The van der Waals surface area contributed by atoms with E-state index in [0.29, 0.717) is 44.1 Å². The van der Waals surface area contributed by atoms with E-state index in [1.54, 1.807) is 19.3 Å². The number of pyridine rings is 1. The molecule has 43 heavy (non-hydrogen) atoms. The Morgan fingerprint density at radius 3 is 2.56 bits per heavy atom. The second-order valence-corrected chi connectivity index (χ2v) is 12.0. The maximum Gasteiger partial charge on any atom is 0.260 e. The van der Waals surface area contributed by atoms with Crippen LogP contribution < -0.4 is 20.7 Å². The van der Waals surface area contributed by atoms with Crippen molar-refractivity contribution in [3.05, 3.63) is 88.5 Å². The normalized spacial score (nSPS) is 15.6. The van der Waals surface area contributed by atoms with Gasteiger partial charge in [0.1, 0.15) is 17.5 Å². The third-order valence-corrected chi connectivity index (χ3v) is 8.84. The molecule has 13 heteroatoms. The van der Waals surface area contributed by atoms with E-state index in [4.69, 9.17) is 0 Å². The van der Waals surface area contributed by atoms with Crippen molar-refractivity contribution in [2.45, 2.75) is 24.3 Å². The maximum atomic E-state index is 16.7. The molecule has 0 aliphatic carbocycles. The minimum atomic E-state index is -1.52. The molecule has 0 bridgehead atoms. The number of hydrogen-bond acceptors (Lipinski definition) is 7. The Hall–Kier alpha value is -4.39. The number of benzene rings is 2. The zero-order valence-corrected chi connectivity index (χ0v) is 24.7. The Morgan fingerprint density at radius 2 is 1.77 bits per heavy atom. The number of fused-ring (bicyclic) bond motifs is 2. The van der Waals surface area contributed by atoms with Crippen molar-refractivity contribution in [2.75, 3.05) is 47.6 Å². The van der Waals surface area contributed by atoms with E-state index in [2.05, 4.69) is 20.2 Å². The molecular formula is C30H30F3N7O2S. The van der Waals surface area contributed by atoms with Gasteiger partial charge in [-0.15, -0.1) is 0 Å². The molecule has 9 nitrogen and oxygen atoms in total. The van der Waals surface area contributed by atoms with Crippen molar-refractivity contribution >= 4 is 44.5 Å². The summed E-state index contributed by atoms with van der Waals surface area (Å²) in [4.78, 5) is 26.4. The molecule has 0 spiro atoms. The average Bonchev–Trinajstić information content (AvgIpc) is 3.32. The summed E-state index contributed by atoms with van der Waals surface area (Å²) in [6.45, 7) is 3.88. The van der Waals surface area contributed by atoms with Crippen molar-refractivity contribution in [3.63, 3.8) is 0 Å². The molecule has 5 aromatic rings. The molecule has 0 amide bonds. The van der Waals surface area contributed by atoms with Crippen molar-refractivity contribution < 1.29 is 17.4 Å². The van der Waals surface area contributed by atoms with Crippen LogP contribution in [0.1, 0.15) is 24.9 Å². The van der Waals surface area contributed by atoms with E-state index in [0.717, 1.165) is 17.8 Å². The van der Waals surface area contributed by atoms with Gasteiger partial charge in [-0.1, -0.05) is 0 Å². The standard InChI is InChI=1S/C30H30F3N7O2S/c1-18(36-24-6-5-19(31)15-25(24)43(3)42)22-13-20(32)14-23-26(22)27(33)28(37(2)29(23)41)39-9-4-8-38(11-12-39)21-16-35-30-34-7-10-40(30)17-21/h5-7,10,13-18,36H,4,8-9,11-12H2,1-3H3/t18-,43?/m1/s1. The zero-order chi connectivity index (χ0) is 30.4. The summed E-state index contributed by atoms with van der Waals surface area (Å²) < 4.78 is 60.7. The summed E-state index contributed by atoms with van der Waals surface area (Å²) in [6.07, 6.45) is 9.34. The molecule has 0 saturated carbocycles. The molecule has 1 aliphatic heterocycles. The van der Waals surface area contributed by atoms with Gasteiger partial charge >= 0.3 is 0 Å². The minimum Gasteiger partial charge on any atom is -0.378 e. The van der Waals surface area contributed by atoms with Crippen LogP contribution in [0.3, 0.4) is 0 Å². The predicted octanol–water partition coefficient (Wildman–Crippen LogP) is 4.63. The first kappa shape index (κ1) is 28.7. The highest BCUT2D eigenvalue weighted by Gasteiger charge is 2.27. The highest BCUT2D eigenvalue weighted by Crippen LogP contribution is 2.34. The van der Waals surface area contributed by atoms with Gasteiger partial charge in [0.05, 0.1) is 38.7 Å². The Labute approximate surface area is 248 Å². The molecule has 1 N–H and O–H groups in total. The number of nitrogens with one attached hydrogen (secondary N) is 1. The quantitative estimate of drug-likeness (QED) is 0.301. The first-order chi connectivity index (χ1) is 20.6. The Kier molecular flexibility index (Phi) is 7.59. The Balaban J connectivity index is 1.37. The van der Waals surface area contributed by atoms with Crippen LogP contribution in [-0.2, 0) is 17.8 Å². The number of nitrogens with zero attached hydrogens (tertiary/aromatic N) is 6. The summed E-state index contributed by atoms with van der Waals surface area (Å²) in [5.41, 5.74) is 0.978. The summed E-state index contributed by atoms with van der Waals surface area (Å²) >= 11 is 0. The SMILES string of the molecule is C[C@@H](Nc1ccc(F)cc1S(C)=O)c1cc(F)cc2c(=O)n(C)c(N3CCCN(c4cnc5nccn5c4)CC3)c(F)c12. The number of imidazole rings is 1. The van der Waals surface area contributed by atoms with Crippen LogP contribution in [0.15, 0.2) is 64.8 Å². The molecule has 1 aliphatic rings. The monoisotopic (exact) mass is 609 g/mol. The van der Waals surface area contributed by atoms with Crippen LogP contribution in [-0.4, -0.2) is 55.6 Å². The number of rotatable bonds is 6. The van der Waals surface area contributed by atoms with Crippen molar-refractivity contribution in [1.82, 2.24) is 18.9 Å². The highest BCUT2D eigenvalue weighted by molar-refractivity contribution is 7.84. The van der Waals surface area contributed by atoms with Crippen LogP contribution in [0, 0.1) is 17.5 Å². The topological polar surface area (TPSA) is 87.8 Å². The lowest BCUT2D eigenvalue weighted by atomic mass is 9.99. The fourth-order valence-electron chi connectivity index (χ4n) is 5.79. The van der Waals surface area contributed by atoms with Crippen LogP contribution in [0.2, 0.25) is 0 Å². The molecule has 1 unspecified atom stereocenters. The number of halogens is 3. The van der Waals surface area contributed by atoms with Crippen LogP contribution in [0.5, 0.6) is 0 Å².